The lowest BCUT2D eigenvalue weighted by atomic mass is 9.98. The van der Waals surface area contributed by atoms with Crippen molar-refractivity contribution in [1.29, 1.82) is 0 Å². The lowest BCUT2D eigenvalue weighted by Gasteiger charge is -2.38. The average molecular weight is 276 g/mol. The van der Waals surface area contributed by atoms with Gasteiger partial charge < -0.3 is 19.7 Å². The molecule has 1 fully saturated rings. The Bertz CT molecular complexity index is 552. The molecule has 0 radical (unpaired) electrons. The Labute approximate surface area is 116 Å². The number of fused-ring (bicyclic) bond motifs is 1. The van der Waals surface area contributed by atoms with Crippen molar-refractivity contribution in [3.05, 3.63) is 23.8 Å². The summed E-state index contributed by atoms with van der Waals surface area (Å²) < 4.78 is 10.5. The van der Waals surface area contributed by atoms with E-state index in [0.717, 1.165) is 0 Å². The summed E-state index contributed by atoms with van der Waals surface area (Å²) in [5.74, 6) is 1.10. The van der Waals surface area contributed by atoms with E-state index in [1.54, 1.807) is 23.1 Å². The summed E-state index contributed by atoms with van der Waals surface area (Å²) in [7, 11) is 0. The van der Waals surface area contributed by atoms with Crippen molar-refractivity contribution in [3.63, 3.8) is 0 Å². The molecule has 2 amide bonds. The van der Waals surface area contributed by atoms with E-state index in [1.165, 1.54) is 0 Å². The van der Waals surface area contributed by atoms with Crippen LogP contribution in [0.4, 0.5) is 0 Å². The molecule has 2 heterocycles. The number of nitrogens with zero attached hydrogens (tertiary/aromatic N) is 1. The van der Waals surface area contributed by atoms with Crippen LogP contribution in [0.5, 0.6) is 11.5 Å². The molecular weight excluding hydrogens is 260 g/mol. The minimum absolute atomic E-state index is 0.0160. The largest absolute Gasteiger partial charge is 0.454 e. The normalized spacial score (nSPS) is 16.8. The number of carbonyl (C=O) groups excluding carboxylic acids is 2. The number of hydrogen-bond acceptors (Lipinski definition) is 4. The summed E-state index contributed by atoms with van der Waals surface area (Å²) >= 11 is 0. The van der Waals surface area contributed by atoms with Gasteiger partial charge in [-0.1, -0.05) is 0 Å². The third-order valence-corrected chi connectivity index (χ3v) is 3.51. The molecule has 2 aliphatic heterocycles. The molecule has 1 aromatic carbocycles. The summed E-state index contributed by atoms with van der Waals surface area (Å²) in [5, 5.41) is 2.77. The Morgan fingerprint density at radius 2 is 2.05 bits per heavy atom. The summed E-state index contributed by atoms with van der Waals surface area (Å²) in [6.07, 6.45) is 0. The van der Waals surface area contributed by atoms with E-state index in [9.17, 15) is 9.59 Å². The van der Waals surface area contributed by atoms with Gasteiger partial charge in [0.1, 0.15) is 0 Å². The zero-order valence-corrected chi connectivity index (χ0v) is 11.2. The molecule has 0 aromatic heterocycles. The number of carbonyl (C=O) groups is 2. The number of benzene rings is 1. The van der Waals surface area contributed by atoms with E-state index in [2.05, 4.69) is 5.32 Å². The van der Waals surface area contributed by atoms with Gasteiger partial charge in [0.2, 0.25) is 12.7 Å². The maximum Gasteiger partial charge on any atom is 0.254 e. The van der Waals surface area contributed by atoms with Gasteiger partial charge in [0, 0.05) is 25.2 Å². The van der Waals surface area contributed by atoms with E-state index in [0.29, 0.717) is 36.7 Å². The molecule has 0 saturated carbocycles. The van der Waals surface area contributed by atoms with Crippen LogP contribution in [0.2, 0.25) is 0 Å². The predicted molar refractivity (Wildman–Crippen MR) is 70.6 cm³/mol. The molecule has 0 bridgehead atoms. The van der Waals surface area contributed by atoms with Crippen molar-refractivity contribution in [3.8, 4) is 11.5 Å². The lowest BCUT2D eigenvalue weighted by molar-refractivity contribution is -0.128. The molecule has 1 saturated heterocycles. The minimum atomic E-state index is -0.0899. The molecule has 0 aliphatic carbocycles. The smallest absolute Gasteiger partial charge is 0.254 e. The first-order valence-corrected chi connectivity index (χ1v) is 6.65. The molecule has 1 N–H and O–H groups in total. The zero-order valence-electron chi connectivity index (χ0n) is 11.2. The third kappa shape index (κ3) is 2.17. The lowest BCUT2D eigenvalue weighted by Crippen LogP contribution is -2.55. The van der Waals surface area contributed by atoms with E-state index >= 15 is 0 Å². The van der Waals surface area contributed by atoms with Crippen molar-refractivity contribution in [2.24, 2.45) is 5.92 Å². The average Bonchev–Trinajstić information content (AvgIpc) is 2.84. The van der Waals surface area contributed by atoms with Crippen LogP contribution in [0.25, 0.3) is 0 Å². The first-order chi connectivity index (χ1) is 9.69. The molecule has 0 atom stereocenters. The van der Waals surface area contributed by atoms with E-state index < -0.39 is 0 Å². The summed E-state index contributed by atoms with van der Waals surface area (Å²) in [5.41, 5.74) is 0.559. The van der Waals surface area contributed by atoms with Gasteiger partial charge in [-0.3, -0.25) is 9.59 Å². The van der Waals surface area contributed by atoms with Gasteiger partial charge in [0.25, 0.3) is 5.91 Å². The predicted octanol–water partition coefficient (Wildman–Crippen LogP) is 0.623. The van der Waals surface area contributed by atoms with Crippen LogP contribution in [0.15, 0.2) is 18.2 Å². The molecule has 6 heteroatoms. The first kappa shape index (κ1) is 12.8. The Balaban J connectivity index is 1.62. The standard InChI is InChI=1S/C14H16N2O4/c1-2-15-13(17)10-6-16(7-10)14(18)9-3-4-11-12(5-9)20-8-19-11/h3-5,10H,2,6-8H2,1H3,(H,15,17). The SMILES string of the molecule is CCNC(=O)C1CN(C(=O)c2ccc3c(c2)OCO3)C1. The van der Waals surface area contributed by atoms with Gasteiger partial charge in [-0.15, -0.1) is 0 Å². The van der Waals surface area contributed by atoms with Crippen LogP contribution in [-0.2, 0) is 4.79 Å². The van der Waals surface area contributed by atoms with Crippen LogP contribution in [0.1, 0.15) is 17.3 Å². The number of likely N-dealkylation sites (tertiary alicyclic amines) is 1. The highest BCUT2D eigenvalue weighted by atomic mass is 16.7. The highest BCUT2D eigenvalue weighted by molar-refractivity contribution is 5.96. The van der Waals surface area contributed by atoms with Crippen molar-refractivity contribution in [1.82, 2.24) is 10.2 Å². The summed E-state index contributed by atoms with van der Waals surface area (Å²) in [6.45, 7) is 3.63. The second-order valence-corrected chi connectivity index (χ2v) is 4.87. The monoisotopic (exact) mass is 276 g/mol. The van der Waals surface area contributed by atoms with Crippen molar-refractivity contribution in [2.45, 2.75) is 6.92 Å². The van der Waals surface area contributed by atoms with E-state index in [-0.39, 0.29) is 24.5 Å². The van der Waals surface area contributed by atoms with Crippen LogP contribution in [0.3, 0.4) is 0 Å². The number of nitrogens with one attached hydrogen (secondary N) is 1. The number of rotatable bonds is 3. The Hall–Kier alpha value is -2.24. The molecule has 0 spiro atoms. The van der Waals surface area contributed by atoms with E-state index in [4.69, 9.17) is 9.47 Å². The Morgan fingerprint density at radius 1 is 1.30 bits per heavy atom. The fourth-order valence-electron chi connectivity index (χ4n) is 2.34. The number of ether oxygens (including phenoxy) is 2. The molecule has 20 heavy (non-hydrogen) atoms. The number of hydrogen-bond donors (Lipinski definition) is 1. The topological polar surface area (TPSA) is 67.9 Å². The quantitative estimate of drug-likeness (QED) is 0.879. The Morgan fingerprint density at radius 3 is 2.80 bits per heavy atom. The van der Waals surface area contributed by atoms with Crippen LogP contribution < -0.4 is 14.8 Å². The van der Waals surface area contributed by atoms with Gasteiger partial charge >= 0.3 is 0 Å². The second kappa shape index (κ2) is 5.03. The van der Waals surface area contributed by atoms with Gasteiger partial charge in [0.15, 0.2) is 11.5 Å². The molecule has 0 unspecified atom stereocenters. The van der Waals surface area contributed by atoms with Gasteiger partial charge in [-0.05, 0) is 25.1 Å². The highest BCUT2D eigenvalue weighted by Crippen LogP contribution is 2.33. The molecular formula is C14H16N2O4. The molecule has 1 aromatic rings. The number of amides is 2. The van der Waals surface area contributed by atoms with Crippen LogP contribution in [0, 0.1) is 5.92 Å². The molecule has 2 aliphatic rings. The van der Waals surface area contributed by atoms with Crippen LogP contribution >= 0.6 is 0 Å². The second-order valence-electron chi connectivity index (χ2n) is 4.87. The Kier molecular flexibility index (Phi) is 3.22. The van der Waals surface area contributed by atoms with Crippen LogP contribution in [-0.4, -0.2) is 43.1 Å². The van der Waals surface area contributed by atoms with Crippen molar-refractivity contribution >= 4 is 11.8 Å². The molecule has 3 rings (SSSR count). The molecule has 106 valence electrons. The van der Waals surface area contributed by atoms with Crippen molar-refractivity contribution in [2.75, 3.05) is 26.4 Å². The fraction of sp³-hybridized carbons (Fsp3) is 0.429. The molecule has 6 nitrogen and oxygen atoms in total. The summed E-state index contributed by atoms with van der Waals surface area (Å²) in [6, 6.07) is 5.13. The third-order valence-electron chi connectivity index (χ3n) is 3.51. The maximum absolute atomic E-state index is 12.3. The van der Waals surface area contributed by atoms with Gasteiger partial charge in [0.05, 0.1) is 5.92 Å². The minimum Gasteiger partial charge on any atom is -0.454 e. The maximum atomic E-state index is 12.3. The van der Waals surface area contributed by atoms with E-state index in [1.807, 2.05) is 6.92 Å². The fourth-order valence-corrected chi connectivity index (χ4v) is 2.34. The van der Waals surface area contributed by atoms with Gasteiger partial charge in [-0.2, -0.15) is 0 Å². The first-order valence-electron chi connectivity index (χ1n) is 6.65. The zero-order chi connectivity index (χ0) is 14.1. The highest BCUT2D eigenvalue weighted by Gasteiger charge is 2.36. The van der Waals surface area contributed by atoms with Gasteiger partial charge in [-0.25, -0.2) is 0 Å². The van der Waals surface area contributed by atoms with Crippen molar-refractivity contribution < 1.29 is 19.1 Å². The summed E-state index contributed by atoms with van der Waals surface area (Å²) in [4.78, 5) is 25.5.